The Hall–Kier alpha value is -7.76. The molecule has 3 aromatic heterocycles. The second-order valence-corrected chi connectivity index (χ2v) is 14.6. The van der Waals surface area contributed by atoms with Crippen LogP contribution < -0.4 is 0 Å². The highest BCUT2D eigenvalue weighted by atomic mass is 16.3. The largest absolute Gasteiger partial charge is 0.454 e. The molecular weight excluding hydrogens is 697 g/mol. The molecule has 0 aliphatic heterocycles. The fourth-order valence-electron chi connectivity index (χ4n) is 8.51. The number of hydrogen-bond donors (Lipinski definition) is 0. The van der Waals surface area contributed by atoms with Gasteiger partial charge in [-0.25, -0.2) is 19.9 Å². The first-order chi connectivity index (χ1) is 28.2. The predicted octanol–water partition coefficient (Wildman–Crippen LogP) is 13.6. The SMILES string of the molecule is c1ccc(-c2nc(-c3ccc(-c4ccc(-c5nc6c7ccccc7oc6c6ccccc56)cc4)cc3)nc(-c3ccc4ccc5cccc6ccc3c4c56)n2)cc1. The van der Waals surface area contributed by atoms with E-state index in [0.717, 1.165) is 77.3 Å². The van der Waals surface area contributed by atoms with Crippen molar-refractivity contribution in [2.24, 2.45) is 0 Å². The Labute approximate surface area is 326 Å². The summed E-state index contributed by atoms with van der Waals surface area (Å²) in [5.41, 5.74) is 9.61. The zero-order valence-corrected chi connectivity index (χ0v) is 30.5. The molecule has 0 fully saturated rings. The van der Waals surface area contributed by atoms with Crippen molar-refractivity contribution in [2.75, 3.05) is 0 Å². The van der Waals surface area contributed by atoms with E-state index in [1.54, 1.807) is 0 Å². The normalized spacial score (nSPS) is 11.9. The molecule has 9 aromatic carbocycles. The van der Waals surface area contributed by atoms with Crippen LogP contribution in [0.15, 0.2) is 186 Å². The topological polar surface area (TPSA) is 64.7 Å². The molecule has 57 heavy (non-hydrogen) atoms. The molecule has 0 aliphatic rings. The highest BCUT2D eigenvalue weighted by Crippen LogP contribution is 2.40. The first-order valence-electron chi connectivity index (χ1n) is 19.1. The molecule has 0 bridgehead atoms. The second-order valence-electron chi connectivity index (χ2n) is 14.6. The minimum absolute atomic E-state index is 0.631. The minimum Gasteiger partial charge on any atom is -0.454 e. The van der Waals surface area contributed by atoms with Crippen molar-refractivity contribution in [3.8, 4) is 56.5 Å². The molecule has 3 heterocycles. The Bertz CT molecular complexity index is 3480. The molecule has 0 N–H and O–H groups in total. The third-order valence-corrected chi connectivity index (χ3v) is 11.3. The second kappa shape index (κ2) is 12.4. The van der Waals surface area contributed by atoms with Crippen molar-refractivity contribution in [3.63, 3.8) is 0 Å². The molecule has 0 amide bonds. The molecular formula is C52H30N4O. The van der Waals surface area contributed by atoms with Crippen LogP contribution in [0.5, 0.6) is 0 Å². The van der Waals surface area contributed by atoms with E-state index in [2.05, 4.69) is 133 Å². The summed E-state index contributed by atoms with van der Waals surface area (Å²) in [5.74, 6) is 1.93. The van der Waals surface area contributed by atoms with Crippen LogP contribution in [0.1, 0.15) is 0 Å². The minimum atomic E-state index is 0.631. The number of hydrogen-bond acceptors (Lipinski definition) is 5. The third-order valence-electron chi connectivity index (χ3n) is 11.3. The molecule has 0 unspecified atom stereocenters. The Morgan fingerprint density at radius 1 is 0.316 bits per heavy atom. The van der Waals surface area contributed by atoms with Crippen LogP contribution in [-0.2, 0) is 0 Å². The number of benzene rings is 9. The number of fused-ring (bicyclic) bond motifs is 5. The number of aromatic nitrogens is 4. The predicted molar refractivity (Wildman–Crippen MR) is 233 cm³/mol. The Morgan fingerprint density at radius 3 is 1.60 bits per heavy atom. The molecule has 5 nitrogen and oxygen atoms in total. The van der Waals surface area contributed by atoms with E-state index in [1.807, 2.05) is 48.5 Å². The smallest absolute Gasteiger partial charge is 0.164 e. The van der Waals surface area contributed by atoms with Gasteiger partial charge in [0, 0.05) is 38.4 Å². The molecule has 0 radical (unpaired) electrons. The summed E-state index contributed by atoms with van der Waals surface area (Å²) >= 11 is 0. The first kappa shape index (κ1) is 31.6. The molecule has 0 saturated heterocycles. The molecule has 0 aliphatic carbocycles. The number of rotatable bonds is 5. The molecule has 0 atom stereocenters. The van der Waals surface area contributed by atoms with E-state index in [4.69, 9.17) is 24.4 Å². The zero-order chi connectivity index (χ0) is 37.5. The Balaban J connectivity index is 0.935. The summed E-state index contributed by atoms with van der Waals surface area (Å²) in [6.07, 6.45) is 0. The van der Waals surface area contributed by atoms with Crippen LogP contribution in [0.4, 0.5) is 0 Å². The van der Waals surface area contributed by atoms with Crippen molar-refractivity contribution in [1.29, 1.82) is 0 Å². The van der Waals surface area contributed by atoms with Crippen molar-refractivity contribution in [3.05, 3.63) is 182 Å². The fraction of sp³-hybridized carbons (Fsp3) is 0. The highest BCUT2D eigenvalue weighted by Gasteiger charge is 2.19. The lowest BCUT2D eigenvalue weighted by molar-refractivity contribution is 0.672. The first-order valence-corrected chi connectivity index (χ1v) is 19.1. The van der Waals surface area contributed by atoms with Gasteiger partial charge >= 0.3 is 0 Å². The molecule has 264 valence electrons. The Kier molecular flexibility index (Phi) is 6.86. The quantitative estimate of drug-likeness (QED) is 0.165. The van der Waals surface area contributed by atoms with E-state index < -0.39 is 0 Å². The summed E-state index contributed by atoms with van der Waals surface area (Å²) in [6.45, 7) is 0. The lowest BCUT2D eigenvalue weighted by Crippen LogP contribution is -2.00. The molecule has 5 heteroatoms. The molecule has 12 rings (SSSR count). The van der Waals surface area contributed by atoms with Crippen LogP contribution in [0.3, 0.4) is 0 Å². The number of nitrogens with zero attached hydrogens (tertiary/aromatic N) is 4. The molecule has 0 spiro atoms. The fourth-order valence-corrected chi connectivity index (χ4v) is 8.51. The maximum Gasteiger partial charge on any atom is 0.164 e. The maximum absolute atomic E-state index is 6.30. The number of furan rings is 1. The number of pyridine rings is 1. The average Bonchev–Trinajstić information content (AvgIpc) is 3.67. The zero-order valence-electron chi connectivity index (χ0n) is 30.5. The van der Waals surface area contributed by atoms with Crippen LogP contribution >= 0.6 is 0 Å². The highest BCUT2D eigenvalue weighted by molar-refractivity contribution is 6.25. The summed E-state index contributed by atoms with van der Waals surface area (Å²) in [5, 5.41) is 10.5. The summed E-state index contributed by atoms with van der Waals surface area (Å²) < 4.78 is 6.30. The summed E-state index contributed by atoms with van der Waals surface area (Å²) in [4.78, 5) is 20.5. The van der Waals surface area contributed by atoms with Gasteiger partial charge in [-0.15, -0.1) is 0 Å². The van der Waals surface area contributed by atoms with Gasteiger partial charge in [-0.05, 0) is 61.6 Å². The van der Waals surface area contributed by atoms with E-state index in [0.29, 0.717) is 17.5 Å². The summed E-state index contributed by atoms with van der Waals surface area (Å²) in [7, 11) is 0. The van der Waals surface area contributed by atoms with E-state index in [9.17, 15) is 0 Å². The van der Waals surface area contributed by atoms with Gasteiger partial charge in [0.1, 0.15) is 11.1 Å². The van der Waals surface area contributed by atoms with Gasteiger partial charge in [0.2, 0.25) is 0 Å². The van der Waals surface area contributed by atoms with Gasteiger partial charge in [-0.3, -0.25) is 0 Å². The number of para-hydroxylation sites is 1. The maximum atomic E-state index is 6.30. The lowest BCUT2D eigenvalue weighted by Gasteiger charge is -2.14. The van der Waals surface area contributed by atoms with Crippen LogP contribution in [0.25, 0.3) is 122 Å². The van der Waals surface area contributed by atoms with Gasteiger partial charge in [0.05, 0.1) is 5.69 Å². The van der Waals surface area contributed by atoms with Crippen molar-refractivity contribution in [1.82, 2.24) is 19.9 Å². The Morgan fingerprint density at radius 2 is 0.860 bits per heavy atom. The van der Waals surface area contributed by atoms with Gasteiger partial charge in [-0.1, -0.05) is 164 Å². The third kappa shape index (κ3) is 5.03. The van der Waals surface area contributed by atoms with Crippen molar-refractivity contribution < 1.29 is 4.42 Å². The van der Waals surface area contributed by atoms with Crippen molar-refractivity contribution in [2.45, 2.75) is 0 Å². The van der Waals surface area contributed by atoms with Crippen molar-refractivity contribution >= 4 is 65.2 Å². The standard InChI is InChI=1S/C52H30N4O/c1-2-9-37(10-3-1)50-54-51(56-52(55-50)42-30-28-35-22-21-33-11-8-12-34-27-29-39(42)46(35)45(33)34)38-25-19-32(20-26-38)31-17-23-36(24-18-31)47-40-13-4-5-14-41(40)49-48(53-47)43-15-6-7-16-44(43)57-49/h1-30H. The van der Waals surface area contributed by atoms with Crippen LogP contribution in [0, 0.1) is 0 Å². The van der Waals surface area contributed by atoms with Gasteiger partial charge in [-0.2, -0.15) is 0 Å². The van der Waals surface area contributed by atoms with Gasteiger partial charge < -0.3 is 4.42 Å². The van der Waals surface area contributed by atoms with E-state index in [-0.39, 0.29) is 0 Å². The van der Waals surface area contributed by atoms with E-state index >= 15 is 0 Å². The van der Waals surface area contributed by atoms with Crippen LogP contribution in [-0.4, -0.2) is 19.9 Å². The monoisotopic (exact) mass is 726 g/mol. The lowest BCUT2D eigenvalue weighted by atomic mass is 9.92. The summed E-state index contributed by atoms with van der Waals surface area (Å²) in [6, 6.07) is 63.4. The van der Waals surface area contributed by atoms with Crippen LogP contribution in [0.2, 0.25) is 0 Å². The van der Waals surface area contributed by atoms with Gasteiger partial charge in [0.15, 0.2) is 23.1 Å². The average molecular weight is 727 g/mol. The van der Waals surface area contributed by atoms with E-state index in [1.165, 1.54) is 26.9 Å². The van der Waals surface area contributed by atoms with Gasteiger partial charge in [0.25, 0.3) is 0 Å². The molecule has 0 saturated carbocycles. The molecule has 12 aromatic rings.